The second kappa shape index (κ2) is 17.8. The number of ether oxygens (including phenoxy) is 1. The quantitative estimate of drug-likeness (QED) is 0.107. The molecule has 0 saturated carbocycles. The molecule has 7 nitrogen and oxygen atoms in total. The number of aromatic nitrogens is 1. The van der Waals surface area contributed by atoms with Crippen LogP contribution in [0, 0.1) is 0 Å². The summed E-state index contributed by atoms with van der Waals surface area (Å²) in [4.78, 5) is 30.1. The highest BCUT2D eigenvalue weighted by Crippen LogP contribution is 2.29. The van der Waals surface area contributed by atoms with E-state index in [-0.39, 0.29) is 16.2 Å². The number of amides is 2. The highest BCUT2D eigenvalue weighted by atomic mass is 35.5. The zero-order valence-corrected chi connectivity index (χ0v) is 25.2. The minimum absolute atomic E-state index is 0.0810. The van der Waals surface area contributed by atoms with E-state index in [0.717, 1.165) is 22.0 Å². The minimum Gasteiger partial charge on any atom is -0.459 e. The van der Waals surface area contributed by atoms with E-state index in [0.29, 0.717) is 11.8 Å². The summed E-state index contributed by atoms with van der Waals surface area (Å²) in [5, 5.41) is 4.77. The van der Waals surface area contributed by atoms with Crippen LogP contribution in [-0.2, 0) is 15.7 Å². The molecule has 0 radical (unpaired) electrons. The third kappa shape index (κ3) is 14.4. The number of carbonyl (C=O) groups is 2. The summed E-state index contributed by atoms with van der Waals surface area (Å²) < 4.78 is 43.7. The van der Waals surface area contributed by atoms with Gasteiger partial charge in [0.2, 0.25) is 0 Å². The molecule has 38 heavy (non-hydrogen) atoms. The zero-order chi connectivity index (χ0) is 30.3. The Morgan fingerprint density at radius 3 is 2.11 bits per heavy atom. The maximum atomic E-state index is 13.1. The molecule has 0 aliphatic heterocycles. The smallest absolute Gasteiger partial charge is 0.417 e. The number of alkyl halides is 4. The predicted octanol–water partition coefficient (Wildman–Crippen LogP) is 8.03. The van der Waals surface area contributed by atoms with Gasteiger partial charge in [0.1, 0.15) is 18.0 Å². The standard InChI is InChI=1S/C22H27Cl2F3N4O3.2C2H6/c1-7-15(17(24)10-14(2)23)11-29-31(13-19(32)34-21(3,4)5)20(33)30(6)18-9-8-16(12-28-18)22(25,26)27;2*1-2/h7-12,14H,13H2,1-6H3;2*1-2H3/b15-7-,17-10+,29-11+;;. The monoisotopic (exact) mass is 582 g/mol. The van der Waals surface area contributed by atoms with Gasteiger partial charge in [-0.3, -0.25) is 9.69 Å². The van der Waals surface area contributed by atoms with Crippen molar-refractivity contribution in [2.24, 2.45) is 5.10 Å². The molecule has 0 aliphatic rings. The van der Waals surface area contributed by atoms with Crippen molar-refractivity contribution in [1.82, 2.24) is 9.99 Å². The van der Waals surface area contributed by atoms with Crippen LogP contribution in [0.25, 0.3) is 0 Å². The van der Waals surface area contributed by atoms with Gasteiger partial charge in [-0.2, -0.15) is 18.3 Å². The topological polar surface area (TPSA) is 75.1 Å². The lowest BCUT2D eigenvalue weighted by atomic mass is 10.2. The molecule has 0 aliphatic carbocycles. The Morgan fingerprint density at radius 2 is 1.71 bits per heavy atom. The van der Waals surface area contributed by atoms with E-state index >= 15 is 0 Å². The summed E-state index contributed by atoms with van der Waals surface area (Å²) in [6, 6.07) is 0.994. The van der Waals surface area contributed by atoms with Gasteiger partial charge in [0.15, 0.2) is 0 Å². The average molecular weight is 584 g/mol. The second-order valence-electron chi connectivity index (χ2n) is 8.07. The fourth-order valence-electron chi connectivity index (χ4n) is 2.38. The first kappa shape index (κ1) is 37.6. The van der Waals surface area contributed by atoms with Gasteiger partial charge in [-0.25, -0.2) is 14.8 Å². The molecule has 0 bridgehead atoms. The number of hydrogen-bond donors (Lipinski definition) is 0. The molecular weight excluding hydrogens is 544 g/mol. The highest BCUT2D eigenvalue weighted by Gasteiger charge is 2.31. The Balaban J connectivity index is 0. The molecule has 1 aromatic heterocycles. The third-order valence-corrected chi connectivity index (χ3v) is 4.39. The molecule has 1 heterocycles. The zero-order valence-electron chi connectivity index (χ0n) is 23.7. The number of esters is 1. The first-order valence-electron chi connectivity index (χ1n) is 12.1. The molecule has 0 fully saturated rings. The van der Waals surface area contributed by atoms with Gasteiger partial charge < -0.3 is 4.74 Å². The molecule has 0 saturated heterocycles. The van der Waals surface area contributed by atoms with E-state index in [4.69, 9.17) is 27.9 Å². The van der Waals surface area contributed by atoms with E-state index in [9.17, 15) is 22.8 Å². The summed E-state index contributed by atoms with van der Waals surface area (Å²) in [5.41, 5.74) is -1.35. The molecule has 1 unspecified atom stereocenters. The third-order valence-electron chi connectivity index (χ3n) is 3.92. The molecule has 2 amide bonds. The van der Waals surface area contributed by atoms with Gasteiger partial charge in [0.05, 0.1) is 17.2 Å². The first-order chi connectivity index (χ1) is 17.5. The van der Waals surface area contributed by atoms with Crippen LogP contribution in [0.1, 0.15) is 67.9 Å². The van der Waals surface area contributed by atoms with Gasteiger partial charge in [-0.15, -0.1) is 11.6 Å². The van der Waals surface area contributed by atoms with E-state index in [1.165, 1.54) is 13.3 Å². The normalized spacial score (nSPS) is 13.0. The van der Waals surface area contributed by atoms with Gasteiger partial charge in [-0.05, 0) is 52.8 Å². The number of rotatable bonds is 7. The molecular formula is C26H39Cl2F3N4O3. The summed E-state index contributed by atoms with van der Waals surface area (Å²) in [7, 11) is 1.29. The SMILES string of the molecule is C/C=C(/C=N/N(CC(=O)OC(C)(C)C)C(=O)N(C)c1ccc(C(F)(F)F)cn1)C(\Cl)=C/C(C)Cl.CC.CC. The lowest BCUT2D eigenvalue weighted by Crippen LogP contribution is -2.42. The second-order valence-corrected chi connectivity index (χ2v) is 9.16. The molecule has 0 aromatic carbocycles. The van der Waals surface area contributed by atoms with E-state index in [2.05, 4.69) is 10.1 Å². The van der Waals surface area contributed by atoms with Crippen LogP contribution in [0.4, 0.5) is 23.8 Å². The minimum atomic E-state index is -4.57. The number of anilines is 1. The van der Waals surface area contributed by atoms with Gasteiger partial charge >= 0.3 is 18.2 Å². The number of allylic oxidation sites excluding steroid dienone is 4. The number of carbonyl (C=O) groups excluding carboxylic acids is 2. The molecule has 1 atom stereocenters. The van der Waals surface area contributed by atoms with Crippen LogP contribution >= 0.6 is 23.2 Å². The Bertz CT molecular complexity index is 956. The number of pyridine rings is 1. The van der Waals surface area contributed by atoms with Crippen molar-refractivity contribution >= 4 is 47.2 Å². The predicted molar refractivity (Wildman–Crippen MR) is 150 cm³/mol. The lowest BCUT2D eigenvalue weighted by Gasteiger charge is -2.25. The summed E-state index contributed by atoms with van der Waals surface area (Å²) in [6.07, 6.45) is 0.476. The number of urea groups is 1. The largest absolute Gasteiger partial charge is 0.459 e. The number of halogens is 5. The first-order valence-corrected chi connectivity index (χ1v) is 12.9. The maximum absolute atomic E-state index is 13.1. The van der Waals surface area contributed by atoms with Crippen molar-refractivity contribution in [1.29, 1.82) is 0 Å². The average Bonchev–Trinajstić information content (AvgIpc) is 2.83. The maximum Gasteiger partial charge on any atom is 0.417 e. The Hall–Kier alpha value is -2.59. The van der Waals surface area contributed by atoms with Crippen LogP contribution < -0.4 is 4.90 Å². The Labute approximate surface area is 234 Å². The van der Waals surface area contributed by atoms with E-state index in [1.54, 1.807) is 46.8 Å². The summed E-state index contributed by atoms with van der Waals surface area (Å²) in [6.45, 7) is 15.8. The van der Waals surface area contributed by atoms with Gasteiger partial charge in [0.25, 0.3) is 0 Å². The van der Waals surface area contributed by atoms with Crippen LogP contribution in [0.15, 0.2) is 46.2 Å². The van der Waals surface area contributed by atoms with Gasteiger partial charge in [-0.1, -0.05) is 45.4 Å². The van der Waals surface area contributed by atoms with Crippen molar-refractivity contribution in [3.63, 3.8) is 0 Å². The molecule has 12 heteroatoms. The van der Waals surface area contributed by atoms with Crippen molar-refractivity contribution < 1.29 is 27.5 Å². The number of hydrazone groups is 1. The van der Waals surface area contributed by atoms with Crippen molar-refractivity contribution in [3.8, 4) is 0 Å². The molecule has 1 rings (SSSR count). The fraction of sp³-hybridized carbons (Fsp3) is 0.538. The summed E-state index contributed by atoms with van der Waals surface area (Å²) >= 11 is 12.1. The molecule has 0 spiro atoms. The van der Waals surface area contributed by atoms with Crippen LogP contribution in [-0.4, -0.2) is 52.8 Å². The number of hydrogen-bond acceptors (Lipinski definition) is 5. The van der Waals surface area contributed by atoms with Crippen LogP contribution in [0.5, 0.6) is 0 Å². The summed E-state index contributed by atoms with van der Waals surface area (Å²) in [5.74, 6) is -0.827. The Morgan fingerprint density at radius 1 is 1.16 bits per heavy atom. The van der Waals surface area contributed by atoms with Crippen molar-refractivity contribution in [2.75, 3.05) is 18.5 Å². The molecule has 1 aromatic rings. The Kier molecular flexibility index (Phi) is 17.6. The number of nitrogens with zero attached hydrogens (tertiary/aromatic N) is 4. The van der Waals surface area contributed by atoms with Crippen LogP contribution in [0.2, 0.25) is 0 Å². The van der Waals surface area contributed by atoms with E-state index in [1.807, 2.05) is 27.7 Å². The lowest BCUT2D eigenvalue weighted by molar-refractivity contribution is -0.155. The van der Waals surface area contributed by atoms with Crippen LogP contribution in [0.3, 0.4) is 0 Å². The van der Waals surface area contributed by atoms with E-state index < -0.39 is 35.9 Å². The van der Waals surface area contributed by atoms with Crippen molar-refractivity contribution in [3.05, 3.63) is 46.7 Å². The molecule has 0 N–H and O–H groups in total. The highest BCUT2D eigenvalue weighted by molar-refractivity contribution is 6.35. The fourth-order valence-corrected chi connectivity index (χ4v) is 2.92. The molecule has 216 valence electrons. The van der Waals surface area contributed by atoms with Gasteiger partial charge in [0, 0.05) is 23.8 Å². The van der Waals surface area contributed by atoms with Crippen molar-refractivity contribution in [2.45, 2.75) is 79.5 Å².